The maximum absolute atomic E-state index is 11.0. The predicted molar refractivity (Wildman–Crippen MR) is 95.9 cm³/mol. The lowest BCUT2D eigenvalue weighted by Gasteiger charge is -2.12. The van der Waals surface area contributed by atoms with E-state index < -0.39 is 4.92 Å². The second-order valence-electron chi connectivity index (χ2n) is 5.62. The summed E-state index contributed by atoms with van der Waals surface area (Å²) in [5, 5.41) is 26.2. The molecule has 0 aliphatic rings. The van der Waals surface area contributed by atoms with E-state index in [0.29, 0.717) is 24.5 Å². The Balaban J connectivity index is 1.83. The molecule has 8 nitrogen and oxygen atoms in total. The van der Waals surface area contributed by atoms with Gasteiger partial charge in [0, 0.05) is 30.6 Å². The summed E-state index contributed by atoms with van der Waals surface area (Å²) in [7, 11) is 0. The topological polar surface area (TPSA) is 105 Å². The average Bonchev–Trinajstić information content (AvgIpc) is 3.03. The van der Waals surface area contributed by atoms with Gasteiger partial charge in [-0.05, 0) is 25.1 Å². The number of imidazole rings is 1. The second kappa shape index (κ2) is 7.18. The van der Waals surface area contributed by atoms with E-state index in [-0.39, 0.29) is 12.3 Å². The molecule has 0 aliphatic carbocycles. The maximum Gasteiger partial charge on any atom is 0.271 e. The van der Waals surface area contributed by atoms with E-state index in [2.05, 4.69) is 15.6 Å². The first kappa shape index (κ1) is 16.7. The number of nitro benzene ring substituents is 1. The van der Waals surface area contributed by atoms with Crippen LogP contribution in [-0.4, -0.2) is 32.6 Å². The van der Waals surface area contributed by atoms with Gasteiger partial charge in [-0.3, -0.25) is 10.1 Å². The highest BCUT2D eigenvalue weighted by Gasteiger charge is 2.11. The maximum atomic E-state index is 11.0. The number of benzene rings is 1. The Morgan fingerprint density at radius 2 is 2.08 bits per heavy atom. The molecule has 3 aromatic rings. The van der Waals surface area contributed by atoms with Crippen LogP contribution in [0.1, 0.15) is 11.4 Å². The average molecular weight is 341 g/mol. The molecule has 8 heteroatoms. The van der Waals surface area contributed by atoms with Crippen LogP contribution in [0.2, 0.25) is 0 Å². The molecule has 0 atom stereocenters. The van der Waals surface area contributed by atoms with Crippen LogP contribution in [0.25, 0.3) is 5.65 Å². The van der Waals surface area contributed by atoms with E-state index in [1.54, 1.807) is 6.07 Å². The van der Waals surface area contributed by atoms with Crippen molar-refractivity contribution < 1.29 is 10.0 Å². The molecule has 0 amide bonds. The zero-order valence-corrected chi connectivity index (χ0v) is 13.8. The summed E-state index contributed by atoms with van der Waals surface area (Å²) in [4.78, 5) is 15.1. The van der Waals surface area contributed by atoms with E-state index in [1.165, 1.54) is 12.1 Å². The third kappa shape index (κ3) is 3.69. The van der Waals surface area contributed by atoms with E-state index >= 15 is 0 Å². The molecule has 130 valence electrons. The lowest BCUT2D eigenvalue weighted by atomic mass is 10.2. The van der Waals surface area contributed by atoms with Gasteiger partial charge in [-0.2, -0.15) is 0 Å². The highest BCUT2D eigenvalue weighted by atomic mass is 16.6. The Kier molecular flexibility index (Phi) is 4.80. The van der Waals surface area contributed by atoms with E-state index in [9.17, 15) is 10.1 Å². The van der Waals surface area contributed by atoms with Gasteiger partial charge >= 0.3 is 0 Å². The lowest BCUT2D eigenvalue weighted by Crippen LogP contribution is -2.09. The largest absolute Gasteiger partial charge is 0.395 e. The number of nitrogens with one attached hydrogen (secondary N) is 2. The number of aliphatic hydroxyl groups excluding tert-OH is 1. The van der Waals surface area contributed by atoms with Crippen LogP contribution in [0.5, 0.6) is 0 Å². The summed E-state index contributed by atoms with van der Waals surface area (Å²) in [6, 6.07) is 10.4. The Labute approximate surface area is 144 Å². The Morgan fingerprint density at radius 1 is 1.24 bits per heavy atom. The molecular weight excluding hydrogens is 322 g/mol. The van der Waals surface area contributed by atoms with Crippen molar-refractivity contribution in [2.75, 3.05) is 23.8 Å². The minimum atomic E-state index is -0.435. The Morgan fingerprint density at radius 3 is 2.80 bits per heavy atom. The van der Waals surface area contributed by atoms with Gasteiger partial charge in [0.15, 0.2) is 0 Å². The summed E-state index contributed by atoms with van der Waals surface area (Å²) in [6.07, 6.45) is 1.94. The fraction of sp³-hybridized carbons (Fsp3) is 0.235. The molecule has 0 saturated heterocycles. The smallest absolute Gasteiger partial charge is 0.271 e. The molecule has 0 aliphatic heterocycles. The SMILES string of the molecule is Cc1cccc2nc(CNc3cc([N+](=O)[O-])ccc3NCCO)cn12. The van der Waals surface area contributed by atoms with Gasteiger partial charge < -0.3 is 20.1 Å². The van der Waals surface area contributed by atoms with Crippen LogP contribution in [0.4, 0.5) is 17.1 Å². The fourth-order valence-electron chi connectivity index (χ4n) is 2.61. The Hall–Kier alpha value is -3.13. The first-order chi connectivity index (χ1) is 12.1. The molecule has 0 bridgehead atoms. The van der Waals surface area contributed by atoms with Gasteiger partial charge in [-0.25, -0.2) is 4.98 Å². The molecule has 1 aromatic carbocycles. The lowest BCUT2D eigenvalue weighted by molar-refractivity contribution is -0.384. The number of nitro groups is 1. The van der Waals surface area contributed by atoms with Gasteiger partial charge in [0.1, 0.15) is 5.65 Å². The highest BCUT2D eigenvalue weighted by Crippen LogP contribution is 2.27. The molecule has 0 saturated carbocycles. The summed E-state index contributed by atoms with van der Waals surface area (Å²) in [5.74, 6) is 0. The number of nitrogens with zero attached hydrogens (tertiary/aromatic N) is 3. The number of pyridine rings is 1. The van der Waals surface area contributed by atoms with Gasteiger partial charge in [-0.15, -0.1) is 0 Å². The molecule has 0 radical (unpaired) electrons. The third-order valence-electron chi connectivity index (χ3n) is 3.85. The van der Waals surface area contributed by atoms with Crippen molar-refractivity contribution in [3.05, 3.63) is 64.1 Å². The summed E-state index contributed by atoms with van der Waals surface area (Å²) >= 11 is 0. The fourth-order valence-corrected chi connectivity index (χ4v) is 2.61. The van der Waals surface area contributed by atoms with Crippen LogP contribution in [-0.2, 0) is 6.54 Å². The minimum absolute atomic E-state index is 0.00268. The number of hydrogen-bond acceptors (Lipinski definition) is 6. The molecule has 0 unspecified atom stereocenters. The van der Waals surface area contributed by atoms with Crippen LogP contribution >= 0.6 is 0 Å². The van der Waals surface area contributed by atoms with E-state index in [0.717, 1.165) is 17.0 Å². The molecule has 0 spiro atoms. The summed E-state index contributed by atoms with van der Waals surface area (Å²) < 4.78 is 2.00. The zero-order valence-electron chi connectivity index (χ0n) is 13.8. The van der Waals surface area contributed by atoms with Crippen molar-refractivity contribution in [3.8, 4) is 0 Å². The normalized spacial score (nSPS) is 10.8. The van der Waals surface area contributed by atoms with Crippen molar-refractivity contribution in [1.29, 1.82) is 0 Å². The van der Waals surface area contributed by atoms with E-state index in [4.69, 9.17) is 5.11 Å². The molecule has 0 fully saturated rings. The molecule has 3 N–H and O–H groups in total. The van der Waals surface area contributed by atoms with Crippen molar-refractivity contribution in [3.63, 3.8) is 0 Å². The molecule has 2 aromatic heterocycles. The first-order valence-corrected chi connectivity index (χ1v) is 7.89. The number of hydrogen-bond donors (Lipinski definition) is 3. The standard InChI is InChI=1S/C17H19N5O3/c1-12-3-2-4-17-20-13(11-21(12)17)10-19-16-9-14(22(24)25)5-6-15(16)18-7-8-23/h2-6,9,11,18-19,23H,7-8,10H2,1H3. The van der Waals surface area contributed by atoms with Crippen molar-refractivity contribution in [2.24, 2.45) is 0 Å². The van der Waals surface area contributed by atoms with Gasteiger partial charge in [0.25, 0.3) is 5.69 Å². The first-order valence-electron chi connectivity index (χ1n) is 7.89. The van der Waals surface area contributed by atoms with Crippen LogP contribution in [0.3, 0.4) is 0 Å². The van der Waals surface area contributed by atoms with Gasteiger partial charge in [0.05, 0.1) is 35.1 Å². The number of anilines is 2. The number of rotatable bonds is 7. The zero-order chi connectivity index (χ0) is 17.8. The second-order valence-corrected chi connectivity index (χ2v) is 5.62. The molecule has 3 rings (SSSR count). The number of fused-ring (bicyclic) bond motifs is 1. The number of aryl methyl sites for hydroxylation is 1. The Bertz CT molecular complexity index is 906. The van der Waals surface area contributed by atoms with Crippen LogP contribution < -0.4 is 10.6 Å². The van der Waals surface area contributed by atoms with Gasteiger partial charge in [-0.1, -0.05) is 6.07 Å². The number of aromatic nitrogens is 2. The third-order valence-corrected chi connectivity index (χ3v) is 3.85. The van der Waals surface area contributed by atoms with E-state index in [1.807, 2.05) is 35.7 Å². The quantitative estimate of drug-likeness (QED) is 0.451. The minimum Gasteiger partial charge on any atom is -0.395 e. The van der Waals surface area contributed by atoms with Gasteiger partial charge in [0.2, 0.25) is 0 Å². The van der Waals surface area contributed by atoms with Crippen LogP contribution in [0, 0.1) is 17.0 Å². The van der Waals surface area contributed by atoms with Crippen molar-refractivity contribution in [1.82, 2.24) is 9.38 Å². The monoisotopic (exact) mass is 341 g/mol. The highest BCUT2D eigenvalue weighted by molar-refractivity contribution is 5.72. The number of aliphatic hydroxyl groups is 1. The number of non-ortho nitro benzene ring substituents is 1. The molecule has 2 heterocycles. The van der Waals surface area contributed by atoms with Crippen LogP contribution in [0.15, 0.2) is 42.6 Å². The molecule has 25 heavy (non-hydrogen) atoms. The summed E-state index contributed by atoms with van der Waals surface area (Å²) in [6.45, 7) is 2.77. The van der Waals surface area contributed by atoms with Crippen molar-refractivity contribution in [2.45, 2.75) is 13.5 Å². The van der Waals surface area contributed by atoms with Crippen molar-refractivity contribution >= 4 is 22.7 Å². The summed E-state index contributed by atoms with van der Waals surface area (Å²) in [5.41, 5.74) is 4.05. The predicted octanol–water partition coefficient (Wildman–Crippen LogP) is 2.57. The molecular formula is C17H19N5O3.